The Hall–Kier alpha value is -0.0900. The third-order valence-corrected chi connectivity index (χ3v) is 6.25. The molecule has 2 aliphatic rings. The minimum atomic E-state index is -2.94. The number of rotatable bonds is 4. The first kappa shape index (κ1) is 12.4. The van der Waals surface area contributed by atoms with Crippen LogP contribution in [0.1, 0.15) is 46.0 Å². The molecule has 1 aliphatic heterocycles. The van der Waals surface area contributed by atoms with E-state index in [2.05, 4.69) is 13.8 Å². The van der Waals surface area contributed by atoms with E-state index >= 15 is 0 Å². The van der Waals surface area contributed by atoms with Crippen molar-refractivity contribution in [2.45, 2.75) is 51.2 Å². The fraction of sp³-hybridized carbons (Fsp3) is 1.00. The van der Waals surface area contributed by atoms with E-state index in [9.17, 15) is 8.42 Å². The quantitative estimate of drug-likeness (QED) is 0.761. The van der Waals surface area contributed by atoms with Crippen LogP contribution < -0.4 is 0 Å². The van der Waals surface area contributed by atoms with E-state index in [-0.39, 0.29) is 5.25 Å². The summed E-state index contributed by atoms with van der Waals surface area (Å²) in [4.78, 5) is 0. The van der Waals surface area contributed by atoms with Gasteiger partial charge in [-0.05, 0) is 37.5 Å². The average molecular weight is 245 g/mol. The lowest BCUT2D eigenvalue weighted by Crippen LogP contribution is -2.40. The minimum Gasteiger partial charge on any atom is -0.212 e. The van der Waals surface area contributed by atoms with Crippen molar-refractivity contribution >= 4 is 10.0 Å². The van der Waals surface area contributed by atoms with Crippen molar-refractivity contribution in [3.63, 3.8) is 0 Å². The molecule has 0 radical (unpaired) electrons. The van der Waals surface area contributed by atoms with Gasteiger partial charge in [-0.1, -0.05) is 20.3 Å². The number of hydrogen-bond acceptors (Lipinski definition) is 2. The summed E-state index contributed by atoms with van der Waals surface area (Å²) in [5.41, 5.74) is 0. The fourth-order valence-corrected chi connectivity index (χ4v) is 4.90. The van der Waals surface area contributed by atoms with E-state index in [1.165, 1.54) is 0 Å². The van der Waals surface area contributed by atoms with Crippen LogP contribution in [0.25, 0.3) is 0 Å². The summed E-state index contributed by atoms with van der Waals surface area (Å²) in [6.07, 6.45) is 5.08. The maximum absolute atomic E-state index is 12.2. The van der Waals surface area contributed by atoms with Crippen LogP contribution in [0.5, 0.6) is 0 Å². The highest BCUT2D eigenvalue weighted by molar-refractivity contribution is 7.89. The van der Waals surface area contributed by atoms with Crippen LogP contribution in [0.3, 0.4) is 0 Å². The molecule has 0 amide bonds. The van der Waals surface area contributed by atoms with Crippen LogP contribution in [-0.2, 0) is 10.0 Å². The summed E-state index contributed by atoms with van der Waals surface area (Å²) in [6, 6.07) is 0. The zero-order valence-corrected chi connectivity index (χ0v) is 11.2. The van der Waals surface area contributed by atoms with E-state index in [4.69, 9.17) is 0 Å². The van der Waals surface area contributed by atoms with Crippen molar-refractivity contribution in [1.29, 1.82) is 0 Å². The monoisotopic (exact) mass is 245 g/mol. The first-order valence-electron chi connectivity index (χ1n) is 6.49. The Balaban J connectivity index is 1.92. The summed E-state index contributed by atoms with van der Waals surface area (Å²) in [5.74, 6) is 1.27. The SMILES string of the molecule is CC(C)CC1CCN(S(=O)(=O)C2CCC2)C1. The van der Waals surface area contributed by atoms with Gasteiger partial charge >= 0.3 is 0 Å². The lowest BCUT2D eigenvalue weighted by atomic mass is 9.97. The molecule has 1 saturated carbocycles. The molecule has 0 aromatic rings. The second kappa shape index (κ2) is 4.65. The van der Waals surface area contributed by atoms with Crippen molar-refractivity contribution in [2.75, 3.05) is 13.1 Å². The van der Waals surface area contributed by atoms with E-state index in [0.717, 1.165) is 45.2 Å². The Morgan fingerprint density at radius 2 is 1.94 bits per heavy atom. The first-order chi connectivity index (χ1) is 7.50. The van der Waals surface area contributed by atoms with Gasteiger partial charge in [0.2, 0.25) is 10.0 Å². The third-order valence-electron chi connectivity index (χ3n) is 3.89. The summed E-state index contributed by atoms with van der Waals surface area (Å²) < 4.78 is 26.1. The van der Waals surface area contributed by atoms with Gasteiger partial charge in [0.15, 0.2) is 0 Å². The van der Waals surface area contributed by atoms with E-state index in [1.54, 1.807) is 4.31 Å². The van der Waals surface area contributed by atoms with Crippen LogP contribution >= 0.6 is 0 Å². The summed E-state index contributed by atoms with van der Waals surface area (Å²) in [7, 11) is -2.94. The molecule has 4 heteroatoms. The van der Waals surface area contributed by atoms with Gasteiger partial charge in [-0.3, -0.25) is 0 Å². The van der Waals surface area contributed by atoms with Crippen LogP contribution in [0, 0.1) is 11.8 Å². The van der Waals surface area contributed by atoms with Crippen molar-refractivity contribution in [2.24, 2.45) is 11.8 Å². The van der Waals surface area contributed by atoms with E-state index in [0.29, 0.717) is 11.8 Å². The van der Waals surface area contributed by atoms with Crippen LogP contribution in [0.4, 0.5) is 0 Å². The van der Waals surface area contributed by atoms with Crippen molar-refractivity contribution < 1.29 is 8.42 Å². The molecule has 3 nitrogen and oxygen atoms in total. The van der Waals surface area contributed by atoms with Gasteiger partial charge in [-0.25, -0.2) is 12.7 Å². The van der Waals surface area contributed by atoms with Crippen molar-refractivity contribution in [3.8, 4) is 0 Å². The van der Waals surface area contributed by atoms with E-state index in [1.807, 2.05) is 0 Å². The van der Waals surface area contributed by atoms with E-state index < -0.39 is 10.0 Å². The number of hydrogen-bond donors (Lipinski definition) is 0. The van der Waals surface area contributed by atoms with Gasteiger partial charge in [-0.15, -0.1) is 0 Å². The molecule has 2 fully saturated rings. The standard InChI is InChI=1S/C12H23NO2S/c1-10(2)8-11-6-7-13(9-11)16(14,15)12-4-3-5-12/h10-12H,3-9H2,1-2H3. The largest absolute Gasteiger partial charge is 0.216 e. The van der Waals surface area contributed by atoms with Gasteiger partial charge in [0.05, 0.1) is 5.25 Å². The molecule has 0 spiro atoms. The predicted octanol–water partition coefficient (Wildman–Crippen LogP) is 2.24. The molecule has 1 heterocycles. The first-order valence-corrected chi connectivity index (χ1v) is 7.99. The summed E-state index contributed by atoms with van der Waals surface area (Å²) >= 11 is 0. The number of nitrogens with zero attached hydrogens (tertiary/aromatic N) is 1. The maximum atomic E-state index is 12.2. The van der Waals surface area contributed by atoms with Crippen LogP contribution in [-0.4, -0.2) is 31.1 Å². The Morgan fingerprint density at radius 3 is 2.44 bits per heavy atom. The minimum absolute atomic E-state index is 0.0506. The predicted molar refractivity (Wildman–Crippen MR) is 65.7 cm³/mol. The van der Waals surface area contributed by atoms with Gasteiger partial charge in [0, 0.05) is 13.1 Å². The summed E-state index contributed by atoms with van der Waals surface area (Å²) in [5, 5.41) is -0.0506. The summed E-state index contributed by atoms with van der Waals surface area (Å²) in [6.45, 7) is 5.96. The van der Waals surface area contributed by atoms with Crippen LogP contribution in [0.15, 0.2) is 0 Å². The average Bonchev–Trinajstić information content (AvgIpc) is 2.47. The van der Waals surface area contributed by atoms with Crippen molar-refractivity contribution in [3.05, 3.63) is 0 Å². The molecule has 0 N–H and O–H groups in total. The molecule has 16 heavy (non-hydrogen) atoms. The molecule has 1 atom stereocenters. The smallest absolute Gasteiger partial charge is 0.212 e. The molecule has 2 rings (SSSR count). The normalized spacial score (nSPS) is 28.6. The zero-order chi connectivity index (χ0) is 11.8. The molecule has 94 valence electrons. The topological polar surface area (TPSA) is 37.4 Å². The molecular formula is C12H23NO2S. The van der Waals surface area contributed by atoms with Crippen LogP contribution in [0.2, 0.25) is 0 Å². The lowest BCUT2D eigenvalue weighted by Gasteiger charge is -2.29. The highest BCUT2D eigenvalue weighted by Gasteiger charge is 2.39. The molecule has 0 bridgehead atoms. The van der Waals surface area contributed by atoms with Gasteiger partial charge in [0.1, 0.15) is 0 Å². The molecule has 1 saturated heterocycles. The highest BCUT2D eigenvalue weighted by atomic mass is 32.2. The zero-order valence-electron chi connectivity index (χ0n) is 10.4. The second-order valence-corrected chi connectivity index (χ2v) is 7.95. The fourth-order valence-electron chi connectivity index (χ4n) is 2.77. The Labute approximate surface area is 99.3 Å². The number of sulfonamides is 1. The Morgan fingerprint density at radius 1 is 1.25 bits per heavy atom. The third kappa shape index (κ3) is 2.43. The molecular weight excluding hydrogens is 222 g/mol. The lowest BCUT2D eigenvalue weighted by molar-refractivity contribution is 0.389. The van der Waals surface area contributed by atoms with Gasteiger partial charge in [-0.2, -0.15) is 0 Å². The molecule has 0 aromatic carbocycles. The molecule has 0 aromatic heterocycles. The Kier molecular flexibility index (Phi) is 3.59. The second-order valence-electron chi connectivity index (χ2n) is 5.74. The Bertz CT molecular complexity index is 333. The molecule has 1 aliphatic carbocycles. The highest BCUT2D eigenvalue weighted by Crippen LogP contribution is 2.33. The van der Waals surface area contributed by atoms with Gasteiger partial charge in [0.25, 0.3) is 0 Å². The molecule has 1 unspecified atom stereocenters. The maximum Gasteiger partial charge on any atom is 0.216 e. The van der Waals surface area contributed by atoms with Gasteiger partial charge < -0.3 is 0 Å². The van der Waals surface area contributed by atoms with Crippen molar-refractivity contribution in [1.82, 2.24) is 4.31 Å².